The molecule has 4 rings (SSSR count). The molecule has 1 aromatic carbocycles. The molecule has 0 fully saturated rings. The monoisotopic (exact) mass is 182 g/mol. The maximum absolute atomic E-state index is 5.58. The van der Waals surface area contributed by atoms with E-state index in [0.29, 0.717) is 0 Å². The van der Waals surface area contributed by atoms with Crippen molar-refractivity contribution in [2.45, 2.75) is 6.42 Å². The van der Waals surface area contributed by atoms with Gasteiger partial charge in [-0.25, -0.2) is 4.98 Å². The van der Waals surface area contributed by atoms with Crippen LogP contribution in [0.25, 0.3) is 22.0 Å². The first-order chi connectivity index (χ1) is 6.92. The van der Waals surface area contributed by atoms with Crippen LogP contribution in [0.15, 0.2) is 28.8 Å². The van der Waals surface area contributed by atoms with Crippen LogP contribution in [0.5, 0.6) is 0 Å². The van der Waals surface area contributed by atoms with E-state index in [9.17, 15) is 0 Å². The van der Waals surface area contributed by atoms with Gasteiger partial charge in [-0.2, -0.15) is 0 Å². The maximum atomic E-state index is 5.58. The fraction of sp³-hybridized carbons (Fsp3) is 0.0909. The van der Waals surface area contributed by atoms with Crippen LogP contribution >= 0.6 is 0 Å². The molecule has 3 nitrogen and oxygen atoms in total. The molecule has 3 heterocycles. The van der Waals surface area contributed by atoms with Crippen LogP contribution in [0.1, 0.15) is 11.5 Å². The van der Waals surface area contributed by atoms with E-state index in [1.165, 1.54) is 5.56 Å². The molecule has 0 spiro atoms. The minimum absolute atomic E-state index is 0.817. The Balaban J connectivity index is 2.40. The number of aromatic nitrogens is 2. The van der Waals surface area contributed by atoms with E-state index in [2.05, 4.69) is 22.1 Å². The lowest BCUT2D eigenvalue weighted by Crippen LogP contribution is -1.88. The molecule has 14 heavy (non-hydrogen) atoms. The molecule has 0 aliphatic carbocycles. The highest BCUT2D eigenvalue weighted by molar-refractivity contribution is 6.02. The number of benzene rings is 1. The summed E-state index contributed by atoms with van der Waals surface area (Å²) >= 11 is 0. The molecule has 0 saturated carbocycles. The van der Waals surface area contributed by atoms with Gasteiger partial charge in [-0.05, 0) is 17.7 Å². The number of hydrogen-bond acceptors (Lipinski definition) is 3. The van der Waals surface area contributed by atoms with E-state index in [4.69, 9.17) is 4.42 Å². The van der Waals surface area contributed by atoms with Gasteiger partial charge in [0.25, 0.3) is 0 Å². The van der Waals surface area contributed by atoms with Crippen molar-refractivity contribution in [3.63, 3.8) is 0 Å². The van der Waals surface area contributed by atoms with Gasteiger partial charge < -0.3 is 4.42 Å². The molecule has 0 N–H and O–H groups in total. The summed E-state index contributed by atoms with van der Waals surface area (Å²) in [5.74, 6) is 0.817. The summed E-state index contributed by atoms with van der Waals surface area (Å²) in [6, 6.07) is 6.15. The Hall–Kier alpha value is -1.90. The Kier molecular flexibility index (Phi) is 0.911. The Bertz CT molecular complexity index is 669. The minimum atomic E-state index is 0.817. The van der Waals surface area contributed by atoms with Crippen LogP contribution in [0.2, 0.25) is 0 Å². The number of nitrogens with zero attached hydrogens (tertiary/aromatic N) is 2. The molecule has 3 aromatic rings. The van der Waals surface area contributed by atoms with Crippen molar-refractivity contribution >= 4 is 22.0 Å². The number of hydrogen-bond donors (Lipinski definition) is 0. The van der Waals surface area contributed by atoms with Gasteiger partial charge in [0.05, 0.1) is 6.42 Å². The number of rotatable bonds is 0. The summed E-state index contributed by atoms with van der Waals surface area (Å²) in [4.78, 5) is 8.67. The zero-order valence-electron chi connectivity index (χ0n) is 7.32. The van der Waals surface area contributed by atoms with Crippen LogP contribution in [-0.2, 0) is 6.42 Å². The molecule has 0 unspecified atom stereocenters. The Morgan fingerprint density at radius 1 is 1.29 bits per heavy atom. The smallest absolute Gasteiger partial charge is 0.200 e. The molecule has 2 bridgehead atoms. The second-order valence-electron chi connectivity index (χ2n) is 3.57. The predicted octanol–water partition coefficient (Wildman–Crippen LogP) is 2.28. The highest BCUT2D eigenvalue weighted by atomic mass is 16.3. The van der Waals surface area contributed by atoms with Gasteiger partial charge in [0.15, 0.2) is 11.5 Å². The predicted molar refractivity (Wildman–Crippen MR) is 52.1 cm³/mol. The average Bonchev–Trinajstić information content (AvgIpc) is 2.76. The summed E-state index contributed by atoms with van der Waals surface area (Å²) in [5.41, 5.74) is 4.03. The fourth-order valence-corrected chi connectivity index (χ4v) is 2.10. The van der Waals surface area contributed by atoms with Crippen LogP contribution in [-0.4, -0.2) is 9.97 Å². The zero-order valence-corrected chi connectivity index (χ0v) is 7.32. The number of pyridine rings is 1. The largest absolute Gasteiger partial charge is 0.438 e. The highest BCUT2D eigenvalue weighted by Gasteiger charge is 2.21. The normalized spacial score (nSPS) is 13.4. The summed E-state index contributed by atoms with van der Waals surface area (Å²) in [5, 5.41) is 1.14. The third kappa shape index (κ3) is 0.608. The quantitative estimate of drug-likeness (QED) is 0.418. The summed E-state index contributed by atoms with van der Waals surface area (Å²) in [6.07, 6.45) is 2.62. The second kappa shape index (κ2) is 1.95. The lowest BCUT2D eigenvalue weighted by molar-refractivity contribution is 0.545. The van der Waals surface area contributed by atoms with Crippen LogP contribution in [0.4, 0.5) is 0 Å². The molecular weight excluding hydrogens is 176 g/mol. The molecule has 0 radical (unpaired) electrons. The first-order valence-electron chi connectivity index (χ1n) is 4.58. The lowest BCUT2D eigenvalue weighted by atomic mass is 10.1. The first kappa shape index (κ1) is 6.54. The first-order valence-corrected chi connectivity index (χ1v) is 4.58. The number of oxazole rings is 1. The molecule has 0 saturated heterocycles. The van der Waals surface area contributed by atoms with Crippen LogP contribution in [0, 0.1) is 0 Å². The van der Waals surface area contributed by atoms with E-state index in [0.717, 1.165) is 34.3 Å². The van der Waals surface area contributed by atoms with E-state index in [1.807, 2.05) is 6.07 Å². The van der Waals surface area contributed by atoms with E-state index < -0.39 is 0 Å². The standard InChI is InChI=1S/C11H6N2O/c1-2-6-4-7-5-8-13-10(7)11(14-8)9(6)12-3-1/h1-4H,5H2. The van der Waals surface area contributed by atoms with Gasteiger partial charge in [0, 0.05) is 11.6 Å². The lowest BCUT2D eigenvalue weighted by Gasteiger charge is -2.03. The minimum Gasteiger partial charge on any atom is -0.438 e. The van der Waals surface area contributed by atoms with Gasteiger partial charge in [-0.3, -0.25) is 4.98 Å². The zero-order chi connectivity index (χ0) is 9.12. The molecule has 66 valence electrons. The maximum Gasteiger partial charge on any atom is 0.200 e. The van der Waals surface area contributed by atoms with E-state index in [-0.39, 0.29) is 0 Å². The molecule has 1 aliphatic rings. The van der Waals surface area contributed by atoms with Crippen LogP contribution < -0.4 is 0 Å². The van der Waals surface area contributed by atoms with Crippen molar-refractivity contribution in [2.24, 2.45) is 0 Å². The average molecular weight is 182 g/mol. The van der Waals surface area contributed by atoms with Crippen molar-refractivity contribution in [3.8, 4) is 0 Å². The molecule has 0 amide bonds. The van der Waals surface area contributed by atoms with Crippen molar-refractivity contribution in [1.29, 1.82) is 0 Å². The third-order valence-corrected chi connectivity index (χ3v) is 2.70. The summed E-state index contributed by atoms with van der Waals surface area (Å²) in [6.45, 7) is 0. The Morgan fingerprint density at radius 3 is 3.21 bits per heavy atom. The Morgan fingerprint density at radius 2 is 2.29 bits per heavy atom. The van der Waals surface area contributed by atoms with Gasteiger partial charge in [0.2, 0.25) is 0 Å². The Labute approximate surface area is 79.4 Å². The van der Waals surface area contributed by atoms with Crippen molar-refractivity contribution in [3.05, 3.63) is 35.9 Å². The van der Waals surface area contributed by atoms with E-state index >= 15 is 0 Å². The van der Waals surface area contributed by atoms with Crippen molar-refractivity contribution < 1.29 is 4.42 Å². The third-order valence-electron chi connectivity index (χ3n) is 2.70. The van der Waals surface area contributed by atoms with Crippen molar-refractivity contribution in [1.82, 2.24) is 9.97 Å². The van der Waals surface area contributed by atoms with Gasteiger partial charge in [0.1, 0.15) is 11.0 Å². The molecular formula is C11H6N2O. The van der Waals surface area contributed by atoms with Crippen LogP contribution in [0.3, 0.4) is 0 Å². The topological polar surface area (TPSA) is 38.9 Å². The summed E-state index contributed by atoms with van der Waals surface area (Å²) in [7, 11) is 0. The summed E-state index contributed by atoms with van der Waals surface area (Å²) < 4.78 is 5.58. The van der Waals surface area contributed by atoms with Crippen molar-refractivity contribution in [2.75, 3.05) is 0 Å². The van der Waals surface area contributed by atoms with Gasteiger partial charge in [-0.1, -0.05) is 6.07 Å². The second-order valence-corrected chi connectivity index (χ2v) is 3.57. The fourth-order valence-electron chi connectivity index (χ4n) is 2.10. The van der Waals surface area contributed by atoms with Gasteiger partial charge >= 0.3 is 0 Å². The molecule has 3 heteroatoms. The molecule has 2 aromatic heterocycles. The number of fused-ring (bicyclic) bond motifs is 3. The van der Waals surface area contributed by atoms with E-state index in [1.54, 1.807) is 6.20 Å². The SMILES string of the molecule is c1cnc2c(c1)cc1c3nc(oc32)C1. The highest BCUT2D eigenvalue weighted by Crippen LogP contribution is 2.33. The molecule has 1 aliphatic heterocycles. The molecule has 0 atom stereocenters. The van der Waals surface area contributed by atoms with Gasteiger partial charge in [-0.15, -0.1) is 0 Å².